The van der Waals surface area contributed by atoms with E-state index in [9.17, 15) is 14.4 Å². The topological polar surface area (TPSA) is 66.5 Å². The second kappa shape index (κ2) is 6.16. The minimum Gasteiger partial charge on any atom is -0.322 e. The molecule has 1 saturated carbocycles. The number of allylic oxidation sites excluding steroid dienone is 2. The molecule has 3 amide bonds. The maximum Gasteiger partial charge on any atom is 0.255 e. The number of nitrogens with one attached hydrogen (secondary N) is 1. The molecule has 5 heteroatoms. The number of benzene rings is 2. The fourth-order valence-electron chi connectivity index (χ4n) is 4.76. The molecule has 1 aliphatic heterocycles. The van der Waals surface area contributed by atoms with Crippen molar-refractivity contribution in [2.24, 2.45) is 23.7 Å². The summed E-state index contributed by atoms with van der Waals surface area (Å²) < 4.78 is 0. The summed E-state index contributed by atoms with van der Waals surface area (Å²) in [7, 11) is 0. The molecule has 5 rings (SSSR count). The van der Waals surface area contributed by atoms with Gasteiger partial charge in [0, 0.05) is 11.3 Å². The molecule has 140 valence electrons. The number of rotatable bonds is 3. The van der Waals surface area contributed by atoms with Crippen LogP contribution >= 0.6 is 0 Å². The van der Waals surface area contributed by atoms with E-state index in [0.717, 1.165) is 17.7 Å². The molecule has 2 aliphatic carbocycles. The summed E-state index contributed by atoms with van der Waals surface area (Å²) in [5.41, 5.74) is 2.86. The third-order valence-corrected chi connectivity index (χ3v) is 6.17. The molecule has 4 atom stereocenters. The molecule has 5 nitrogen and oxygen atoms in total. The molecule has 0 unspecified atom stereocenters. The van der Waals surface area contributed by atoms with Crippen LogP contribution in [-0.4, -0.2) is 17.7 Å². The van der Waals surface area contributed by atoms with Crippen LogP contribution in [0, 0.1) is 30.6 Å². The number of amides is 3. The van der Waals surface area contributed by atoms with Gasteiger partial charge in [-0.15, -0.1) is 0 Å². The normalized spacial score (nSPS) is 27.4. The molecule has 0 radical (unpaired) electrons. The van der Waals surface area contributed by atoms with Crippen LogP contribution in [0.4, 0.5) is 11.4 Å². The molecular formula is C23H20N2O3. The number of hydrogen-bond donors (Lipinski definition) is 1. The van der Waals surface area contributed by atoms with Crippen molar-refractivity contribution < 1.29 is 14.4 Å². The fraction of sp³-hybridized carbons (Fsp3) is 0.261. The Labute approximate surface area is 163 Å². The number of carbonyl (C=O) groups excluding carboxylic acids is 3. The Morgan fingerprint density at radius 2 is 1.46 bits per heavy atom. The molecule has 0 aromatic heterocycles. The van der Waals surface area contributed by atoms with Gasteiger partial charge in [0.05, 0.1) is 17.5 Å². The SMILES string of the molecule is Cc1ccc(NC(=O)c2ccc(N3C(=O)[C@@H]4[C@@H](C3=O)[C@H]3C=C[C@@H]4C3)cc2)cc1. The quantitative estimate of drug-likeness (QED) is 0.662. The Morgan fingerprint density at radius 3 is 2.04 bits per heavy atom. The highest BCUT2D eigenvalue weighted by Gasteiger charge is 2.59. The summed E-state index contributed by atoms with van der Waals surface area (Å²) in [6, 6.07) is 14.2. The van der Waals surface area contributed by atoms with E-state index in [-0.39, 0.29) is 41.4 Å². The standard InChI is InChI=1S/C23H20N2O3/c1-13-2-8-17(9-3-13)24-21(26)14-6-10-18(11-7-14)25-22(27)19-15-4-5-16(12-15)20(19)23(25)28/h2-11,15-16,19-20H,12H2,1H3,(H,24,26)/t15-,16+,19-,20-/m0/s1. The minimum absolute atomic E-state index is 0.108. The fourth-order valence-corrected chi connectivity index (χ4v) is 4.76. The van der Waals surface area contributed by atoms with Gasteiger partial charge < -0.3 is 5.32 Å². The van der Waals surface area contributed by atoms with Crippen molar-refractivity contribution in [3.05, 3.63) is 71.8 Å². The van der Waals surface area contributed by atoms with Gasteiger partial charge in [0.15, 0.2) is 0 Å². The number of imide groups is 1. The number of carbonyl (C=O) groups is 3. The molecule has 1 N–H and O–H groups in total. The van der Waals surface area contributed by atoms with Crippen LogP contribution < -0.4 is 10.2 Å². The van der Waals surface area contributed by atoms with Crippen LogP contribution in [0.1, 0.15) is 22.3 Å². The van der Waals surface area contributed by atoms with E-state index in [1.54, 1.807) is 24.3 Å². The van der Waals surface area contributed by atoms with Crippen molar-refractivity contribution in [2.75, 3.05) is 10.2 Å². The summed E-state index contributed by atoms with van der Waals surface area (Å²) in [5, 5.41) is 2.85. The van der Waals surface area contributed by atoms with E-state index in [4.69, 9.17) is 0 Å². The van der Waals surface area contributed by atoms with Crippen molar-refractivity contribution >= 4 is 29.1 Å². The molecule has 1 saturated heterocycles. The minimum atomic E-state index is -0.228. The molecule has 2 fully saturated rings. The predicted molar refractivity (Wildman–Crippen MR) is 106 cm³/mol. The van der Waals surface area contributed by atoms with Crippen LogP contribution in [0.3, 0.4) is 0 Å². The van der Waals surface area contributed by atoms with Crippen molar-refractivity contribution in [3.63, 3.8) is 0 Å². The van der Waals surface area contributed by atoms with Gasteiger partial charge >= 0.3 is 0 Å². The molecule has 1 heterocycles. The maximum atomic E-state index is 12.9. The van der Waals surface area contributed by atoms with Gasteiger partial charge in [-0.05, 0) is 61.6 Å². The van der Waals surface area contributed by atoms with Crippen molar-refractivity contribution in [1.82, 2.24) is 0 Å². The zero-order valence-corrected chi connectivity index (χ0v) is 15.5. The number of anilines is 2. The van der Waals surface area contributed by atoms with Gasteiger partial charge in [0.25, 0.3) is 5.91 Å². The second-order valence-electron chi connectivity index (χ2n) is 7.88. The molecule has 28 heavy (non-hydrogen) atoms. The first kappa shape index (κ1) is 16.9. The Bertz CT molecular complexity index is 977. The number of hydrogen-bond acceptors (Lipinski definition) is 3. The highest BCUT2D eigenvalue weighted by atomic mass is 16.2. The molecule has 2 bridgehead atoms. The zero-order valence-electron chi connectivity index (χ0n) is 15.5. The largest absolute Gasteiger partial charge is 0.322 e. The monoisotopic (exact) mass is 372 g/mol. The van der Waals surface area contributed by atoms with Gasteiger partial charge in [-0.3, -0.25) is 19.3 Å². The van der Waals surface area contributed by atoms with Crippen molar-refractivity contribution in [1.29, 1.82) is 0 Å². The second-order valence-corrected chi connectivity index (χ2v) is 7.88. The summed E-state index contributed by atoms with van der Waals surface area (Å²) in [4.78, 5) is 39.5. The van der Waals surface area contributed by atoms with Gasteiger partial charge in [-0.25, -0.2) is 0 Å². The Kier molecular flexibility index (Phi) is 3.72. The summed E-state index contributed by atoms with van der Waals surface area (Å²) >= 11 is 0. The lowest BCUT2D eigenvalue weighted by Gasteiger charge is -2.17. The van der Waals surface area contributed by atoms with E-state index in [0.29, 0.717) is 11.3 Å². The average molecular weight is 372 g/mol. The smallest absolute Gasteiger partial charge is 0.255 e. The van der Waals surface area contributed by atoms with Gasteiger partial charge in [0.2, 0.25) is 11.8 Å². The number of fused-ring (bicyclic) bond motifs is 5. The molecule has 2 aromatic rings. The lowest BCUT2D eigenvalue weighted by atomic mass is 9.85. The zero-order chi connectivity index (χ0) is 19.4. The van der Waals surface area contributed by atoms with Gasteiger partial charge in [-0.1, -0.05) is 29.8 Å². The molecule has 2 aromatic carbocycles. The highest BCUT2D eigenvalue weighted by Crippen LogP contribution is 2.53. The average Bonchev–Trinajstić information content (AvgIpc) is 3.38. The van der Waals surface area contributed by atoms with Crippen molar-refractivity contribution in [2.45, 2.75) is 13.3 Å². The Balaban J connectivity index is 1.34. The van der Waals surface area contributed by atoms with Crippen LogP contribution in [0.5, 0.6) is 0 Å². The molecule has 0 spiro atoms. The van der Waals surface area contributed by atoms with E-state index in [1.807, 2.05) is 31.2 Å². The lowest BCUT2D eigenvalue weighted by Crippen LogP contribution is -2.32. The predicted octanol–water partition coefficient (Wildman–Crippen LogP) is 3.56. The van der Waals surface area contributed by atoms with Crippen molar-refractivity contribution in [3.8, 4) is 0 Å². The van der Waals surface area contributed by atoms with Gasteiger partial charge in [-0.2, -0.15) is 0 Å². The lowest BCUT2D eigenvalue weighted by molar-refractivity contribution is -0.123. The Hall–Kier alpha value is -3.21. The van der Waals surface area contributed by atoms with Crippen LogP contribution in [0.15, 0.2) is 60.7 Å². The molecular weight excluding hydrogens is 352 g/mol. The van der Waals surface area contributed by atoms with Crippen LogP contribution in [0.25, 0.3) is 0 Å². The van der Waals surface area contributed by atoms with E-state index < -0.39 is 0 Å². The van der Waals surface area contributed by atoms with E-state index >= 15 is 0 Å². The third kappa shape index (κ3) is 2.50. The van der Waals surface area contributed by atoms with Gasteiger partial charge in [0.1, 0.15) is 0 Å². The first-order valence-electron chi connectivity index (χ1n) is 9.57. The summed E-state index contributed by atoms with van der Waals surface area (Å²) in [6.45, 7) is 1.99. The first-order chi connectivity index (χ1) is 13.5. The molecule has 3 aliphatic rings. The van der Waals surface area contributed by atoms with Crippen LogP contribution in [0.2, 0.25) is 0 Å². The van der Waals surface area contributed by atoms with Crippen LogP contribution in [-0.2, 0) is 9.59 Å². The summed E-state index contributed by atoms with van der Waals surface area (Å²) in [5.74, 6) is -0.493. The third-order valence-electron chi connectivity index (χ3n) is 6.17. The van der Waals surface area contributed by atoms with E-state index in [2.05, 4.69) is 17.5 Å². The number of nitrogens with zero attached hydrogens (tertiary/aromatic N) is 1. The first-order valence-corrected chi connectivity index (χ1v) is 9.57. The Morgan fingerprint density at radius 1 is 0.893 bits per heavy atom. The number of aryl methyl sites for hydroxylation is 1. The maximum absolute atomic E-state index is 12.9. The highest BCUT2D eigenvalue weighted by molar-refractivity contribution is 6.23. The van der Waals surface area contributed by atoms with E-state index in [1.165, 1.54) is 4.90 Å². The summed E-state index contributed by atoms with van der Waals surface area (Å²) in [6.07, 6.45) is 5.08.